The molecular weight excluding hydrogens is 306 g/mol. The van der Waals surface area contributed by atoms with Crippen LogP contribution in [0.15, 0.2) is 48.5 Å². The van der Waals surface area contributed by atoms with Crippen molar-refractivity contribution >= 4 is 10.9 Å². The van der Waals surface area contributed by atoms with Gasteiger partial charge in [-0.3, -0.25) is 4.90 Å². The lowest BCUT2D eigenvalue weighted by atomic mass is 10.0. The van der Waals surface area contributed by atoms with Crippen LogP contribution < -0.4 is 0 Å². The topological polar surface area (TPSA) is 11.4 Å². The minimum atomic E-state index is 1.05. The zero-order valence-electron chi connectivity index (χ0n) is 15.5. The molecule has 2 aromatic carbocycles. The third kappa shape index (κ3) is 3.22. The second-order valence-corrected chi connectivity index (χ2v) is 7.38. The van der Waals surface area contributed by atoms with Gasteiger partial charge in [-0.15, -0.1) is 0 Å². The van der Waals surface area contributed by atoms with E-state index in [-0.39, 0.29) is 0 Å². The number of hydrogen-bond acceptors (Lipinski definition) is 2. The van der Waals surface area contributed by atoms with E-state index in [1.54, 1.807) is 0 Å². The predicted molar refractivity (Wildman–Crippen MR) is 106 cm³/mol. The lowest BCUT2D eigenvalue weighted by molar-refractivity contribution is 0.148. The minimum absolute atomic E-state index is 1.05. The number of likely N-dealkylation sites (N-methyl/N-ethyl adjacent to an activating group) is 1. The standard InChI is InChI=1S/C22H27N3/c1-17-8-9-18(16-25-12-10-23(2)11-13-25)14-20(17)22-15-19-6-4-5-7-21(19)24(22)3/h4-9,14-15H,10-13,16H2,1-3H3. The molecule has 25 heavy (non-hydrogen) atoms. The Morgan fingerprint density at radius 2 is 1.64 bits per heavy atom. The first-order valence-electron chi connectivity index (χ1n) is 9.17. The Hall–Kier alpha value is -2.10. The number of rotatable bonds is 3. The first kappa shape index (κ1) is 16.4. The molecule has 1 saturated heterocycles. The summed E-state index contributed by atoms with van der Waals surface area (Å²) in [6, 6.07) is 17.9. The largest absolute Gasteiger partial charge is 0.344 e. The Morgan fingerprint density at radius 1 is 0.880 bits per heavy atom. The van der Waals surface area contributed by atoms with E-state index in [2.05, 4.69) is 83.9 Å². The average Bonchev–Trinajstić information content (AvgIpc) is 2.96. The van der Waals surface area contributed by atoms with E-state index in [0.29, 0.717) is 0 Å². The van der Waals surface area contributed by atoms with Crippen molar-refractivity contribution in [2.45, 2.75) is 13.5 Å². The summed E-state index contributed by atoms with van der Waals surface area (Å²) in [7, 11) is 4.38. The lowest BCUT2D eigenvalue weighted by Gasteiger charge is -2.32. The first-order valence-corrected chi connectivity index (χ1v) is 9.17. The van der Waals surface area contributed by atoms with Crippen LogP contribution in [-0.2, 0) is 13.6 Å². The quantitative estimate of drug-likeness (QED) is 0.720. The number of hydrogen-bond donors (Lipinski definition) is 0. The van der Waals surface area contributed by atoms with Crippen LogP contribution in [0.1, 0.15) is 11.1 Å². The molecule has 0 bridgehead atoms. The first-order chi connectivity index (χ1) is 12.1. The summed E-state index contributed by atoms with van der Waals surface area (Å²) < 4.78 is 2.32. The maximum Gasteiger partial charge on any atom is 0.0491 e. The summed E-state index contributed by atoms with van der Waals surface area (Å²) in [4.78, 5) is 4.97. The molecule has 4 rings (SSSR count). The van der Waals surface area contributed by atoms with Gasteiger partial charge in [0.05, 0.1) is 0 Å². The molecule has 2 heterocycles. The normalized spacial score (nSPS) is 16.6. The number of benzene rings is 2. The van der Waals surface area contributed by atoms with Gasteiger partial charge in [-0.1, -0.05) is 30.3 Å². The van der Waals surface area contributed by atoms with Gasteiger partial charge in [-0.25, -0.2) is 0 Å². The van der Waals surface area contributed by atoms with Crippen molar-refractivity contribution in [2.24, 2.45) is 7.05 Å². The van der Waals surface area contributed by atoms with Crippen LogP contribution in [-0.4, -0.2) is 47.6 Å². The number of piperazine rings is 1. The summed E-state index contributed by atoms with van der Waals surface area (Å²) in [5.74, 6) is 0. The summed E-state index contributed by atoms with van der Waals surface area (Å²) in [6.45, 7) is 7.92. The van der Waals surface area contributed by atoms with Gasteiger partial charge in [-0.2, -0.15) is 0 Å². The van der Waals surface area contributed by atoms with E-state index in [1.165, 1.54) is 46.4 Å². The van der Waals surface area contributed by atoms with E-state index in [0.717, 1.165) is 19.6 Å². The van der Waals surface area contributed by atoms with Gasteiger partial charge in [0.15, 0.2) is 0 Å². The molecule has 0 saturated carbocycles. The lowest BCUT2D eigenvalue weighted by Crippen LogP contribution is -2.43. The number of fused-ring (bicyclic) bond motifs is 1. The van der Waals surface area contributed by atoms with Crippen molar-refractivity contribution < 1.29 is 0 Å². The molecular formula is C22H27N3. The SMILES string of the molecule is Cc1ccc(CN2CCN(C)CC2)cc1-c1cc2ccccc2n1C. The summed E-state index contributed by atoms with van der Waals surface area (Å²) in [5.41, 5.74) is 6.70. The molecule has 0 atom stereocenters. The Bertz CT molecular complexity index is 885. The zero-order valence-corrected chi connectivity index (χ0v) is 15.5. The fourth-order valence-corrected chi connectivity index (χ4v) is 3.85. The van der Waals surface area contributed by atoms with Crippen LogP contribution in [0.5, 0.6) is 0 Å². The van der Waals surface area contributed by atoms with Crippen LogP contribution in [0.3, 0.4) is 0 Å². The molecule has 1 aliphatic heterocycles. The fraction of sp³-hybridized carbons (Fsp3) is 0.364. The highest BCUT2D eigenvalue weighted by molar-refractivity contribution is 5.87. The molecule has 0 radical (unpaired) electrons. The molecule has 0 spiro atoms. The average molecular weight is 333 g/mol. The Balaban J connectivity index is 1.66. The van der Waals surface area contributed by atoms with Crippen molar-refractivity contribution in [3.05, 3.63) is 59.7 Å². The zero-order chi connectivity index (χ0) is 17.4. The van der Waals surface area contributed by atoms with Crippen LogP contribution >= 0.6 is 0 Å². The smallest absolute Gasteiger partial charge is 0.0491 e. The van der Waals surface area contributed by atoms with Crippen LogP contribution in [0, 0.1) is 6.92 Å². The minimum Gasteiger partial charge on any atom is -0.344 e. The highest BCUT2D eigenvalue weighted by atomic mass is 15.2. The van der Waals surface area contributed by atoms with E-state index < -0.39 is 0 Å². The number of aryl methyl sites for hydroxylation is 2. The summed E-state index contributed by atoms with van der Waals surface area (Å²) in [6.07, 6.45) is 0. The number of nitrogens with zero attached hydrogens (tertiary/aromatic N) is 3. The third-order valence-corrected chi connectivity index (χ3v) is 5.53. The molecule has 3 nitrogen and oxygen atoms in total. The second-order valence-electron chi connectivity index (χ2n) is 7.38. The van der Waals surface area contributed by atoms with Crippen LogP contribution in [0.2, 0.25) is 0 Å². The van der Waals surface area contributed by atoms with Gasteiger partial charge in [0.2, 0.25) is 0 Å². The maximum atomic E-state index is 2.57. The van der Waals surface area contributed by atoms with Gasteiger partial charge >= 0.3 is 0 Å². The van der Waals surface area contributed by atoms with Crippen molar-refractivity contribution in [3.8, 4) is 11.3 Å². The second kappa shape index (κ2) is 6.66. The third-order valence-electron chi connectivity index (χ3n) is 5.53. The predicted octanol–water partition coefficient (Wildman–Crippen LogP) is 3.90. The van der Waals surface area contributed by atoms with Gasteiger partial charge in [0.25, 0.3) is 0 Å². The molecule has 1 aliphatic rings. The van der Waals surface area contributed by atoms with Crippen molar-refractivity contribution in [1.29, 1.82) is 0 Å². The van der Waals surface area contributed by atoms with E-state index >= 15 is 0 Å². The summed E-state index contributed by atoms with van der Waals surface area (Å²) >= 11 is 0. The fourth-order valence-electron chi connectivity index (χ4n) is 3.85. The van der Waals surface area contributed by atoms with Gasteiger partial charge in [0.1, 0.15) is 0 Å². The van der Waals surface area contributed by atoms with E-state index in [1.807, 2.05) is 0 Å². The molecule has 1 aromatic heterocycles. The number of aromatic nitrogens is 1. The summed E-state index contributed by atoms with van der Waals surface area (Å²) in [5, 5.41) is 1.31. The molecule has 1 fully saturated rings. The van der Waals surface area contributed by atoms with Crippen molar-refractivity contribution in [3.63, 3.8) is 0 Å². The van der Waals surface area contributed by atoms with Crippen molar-refractivity contribution in [2.75, 3.05) is 33.2 Å². The maximum absolute atomic E-state index is 2.57. The molecule has 0 N–H and O–H groups in total. The molecule has 3 aromatic rings. The highest BCUT2D eigenvalue weighted by Crippen LogP contribution is 2.30. The highest BCUT2D eigenvalue weighted by Gasteiger charge is 2.15. The molecule has 0 unspecified atom stereocenters. The van der Waals surface area contributed by atoms with E-state index in [9.17, 15) is 0 Å². The Kier molecular flexibility index (Phi) is 4.36. The molecule has 3 heteroatoms. The Morgan fingerprint density at radius 3 is 2.40 bits per heavy atom. The van der Waals surface area contributed by atoms with Gasteiger partial charge in [0, 0.05) is 61.9 Å². The van der Waals surface area contributed by atoms with Gasteiger partial charge in [-0.05, 0) is 43.3 Å². The molecule has 0 aliphatic carbocycles. The number of para-hydroxylation sites is 1. The molecule has 0 amide bonds. The van der Waals surface area contributed by atoms with Gasteiger partial charge < -0.3 is 9.47 Å². The van der Waals surface area contributed by atoms with E-state index in [4.69, 9.17) is 0 Å². The Labute approximate surface area is 150 Å². The van der Waals surface area contributed by atoms with Crippen LogP contribution in [0.25, 0.3) is 22.2 Å². The van der Waals surface area contributed by atoms with Crippen molar-refractivity contribution in [1.82, 2.24) is 14.4 Å². The monoisotopic (exact) mass is 333 g/mol. The van der Waals surface area contributed by atoms with Crippen LogP contribution in [0.4, 0.5) is 0 Å². The molecule has 130 valence electrons.